The molecule has 1 heteroatoms. The third-order valence-corrected chi connectivity index (χ3v) is 7.50. The molecule has 2 aliphatic rings. The average Bonchev–Trinajstić information content (AvgIpc) is 2.74. The van der Waals surface area contributed by atoms with Crippen molar-refractivity contribution in [1.82, 2.24) is 0 Å². The number of hydrogen-bond acceptors (Lipinski definition) is 1. The summed E-state index contributed by atoms with van der Waals surface area (Å²) in [6.07, 6.45) is 24.9. The second kappa shape index (κ2) is 14.4. The van der Waals surface area contributed by atoms with Crippen LogP contribution in [0.15, 0.2) is 22.3 Å². The van der Waals surface area contributed by atoms with Gasteiger partial charge in [-0.3, -0.25) is 0 Å². The Labute approximate surface area is 182 Å². The topological polar surface area (TPSA) is 9.23 Å². The summed E-state index contributed by atoms with van der Waals surface area (Å²) >= 11 is 0. The molecule has 0 aromatic carbocycles. The predicted molar refractivity (Wildman–Crippen MR) is 129 cm³/mol. The maximum Gasteiger partial charge on any atom is 0.0767 e. The lowest BCUT2D eigenvalue weighted by atomic mass is 9.89. The smallest absolute Gasteiger partial charge is 0.0767 e. The van der Waals surface area contributed by atoms with Crippen LogP contribution in [0.2, 0.25) is 0 Å². The lowest BCUT2D eigenvalue weighted by molar-refractivity contribution is 0.0436. The van der Waals surface area contributed by atoms with Crippen molar-refractivity contribution in [2.75, 3.05) is 0 Å². The zero-order valence-electron chi connectivity index (χ0n) is 20.3. The molecule has 0 bridgehead atoms. The third kappa shape index (κ3) is 8.60. The van der Waals surface area contributed by atoms with E-state index in [9.17, 15) is 0 Å². The molecule has 168 valence electrons. The lowest BCUT2D eigenvalue weighted by Crippen LogP contribution is -2.23. The maximum absolute atomic E-state index is 6.81. The van der Waals surface area contributed by atoms with Crippen LogP contribution < -0.4 is 0 Å². The normalized spacial score (nSPS) is 28.6. The summed E-state index contributed by atoms with van der Waals surface area (Å²) < 4.78 is 6.81. The van der Waals surface area contributed by atoms with Crippen molar-refractivity contribution in [3.05, 3.63) is 22.3 Å². The molecule has 0 aromatic rings. The first-order valence-corrected chi connectivity index (χ1v) is 13.2. The number of ether oxygens (including phenoxy) is 1. The molecule has 0 fully saturated rings. The first-order chi connectivity index (χ1) is 14.2. The highest BCUT2D eigenvalue weighted by Crippen LogP contribution is 2.32. The van der Waals surface area contributed by atoms with E-state index < -0.39 is 0 Å². The molecule has 0 N–H and O–H groups in total. The summed E-state index contributed by atoms with van der Waals surface area (Å²) in [7, 11) is 0. The molecule has 0 aromatic heterocycles. The van der Waals surface area contributed by atoms with Crippen LogP contribution in [0.4, 0.5) is 0 Å². The van der Waals surface area contributed by atoms with Crippen molar-refractivity contribution in [2.45, 2.75) is 155 Å². The minimum atomic E-state index is 0.278. The van der Waals surface area contributed by atoms with Crippen LogP contribution in [0.5, 0.6) is 0 Å². The molecule has 0 saturated carbocycles. The van der Waals surface area contributed by atoms with Gasteiger partial charge in [-0.15, -0.1) is 0 Å². The van der Waals surface area contributed by atoms with E-state index in [-0.39, 0.29) is 12.2 Å². The van der Waals surface area contributed by atoms with E-state index >= 15 is 0 Å². The van der Waals surface area contributed by atoms with Crippen LogP contribution >= 0.6 is 0 Å². The van der Waals surface area contributed by atoms with Gasteiger partial charge < -0.3 is 4.74 Å². The van der Waals surface area contributed by atoms with E-state index in [2.05, 4.69) is 27.7 Å². The van der Waals surface area contributed by atoms with Gasteiger partial charge in [-0.25, -0.2) is 0 Å². The molecule has 2 aliphatic carbocycles. The minimum Gasteiger partial charge on any atom is -0.367 e. The van der Waals surface area contributed by atoms with Crippen LogP contribution in [-0.2, 0) is 4.74 Å². The van der Waals surface area contributed by atoms with Crippen LogP contribution in [-0.4, -0.2) is 12.2 Å². The van der Waals surface area contributed by atoms with Gasteiger partial charge in [0.2, 0.25) is 0 Å². The average molecular weight is 403 g/mol. The van der Waals surface area contributed by atoms with E-state index in [0.717, 1.165) is 0 Å². The molecular weight excluding hydrogens is 352 g/mol. The first kappa shape index (κ1) is 24.7. The maximum atomic E-state index is 6.81. The van der Waals surface area contributed by atoms with Crippen molar-refractivity contribution in [2.24, 2.45) is 0 Å². The Morgan fingerprint density at radius 3 is 1.17 bits per heavy atom. The quantitative estimate of drug-likeness (QED) is 0.402. The summed E-state index contributed by atoms with van der Waals surface area (Å²) in [4.78, 5) is 0. The molecule has 2 unspecified atom stereocenters. The van der Waals surface area contributed by atoms with E-state index in [1.807, 2.05) is 0 Å². The van der Waals surface area contributed by atoms with E-state index in [1.165, 1.54) is 116 Å². The van der Waals surface area contributed by atoms with Crippen molar-refractivity contribution in [1.29, 1.82) is 0 Å². The van der Waals surface area contributed by atoms with Gasteiger partial charge in [0.25, 0.3) is 0 Å². The van der Waals surface area contributed by atoms with Crippen LogP contribution in [0, 0.1) is 0 Å². The Bertz CT molecular complexity index is 466. The second-order valence-corrected chi connectivity index (χ2v) is 9.63. The highest BCUT2D eigenvalue weighted by Gasteiger charge is 2.21. The summed E-state index contributed by atoms with van der Waals surface area (Å²) in [6.45, 7) is 9.41. The van der Waals surface area contributed by atoms with Gasteiger partial charge in [0.1, 0.15) is 0 Å². The first-order valence-electron chi connectivity index (χ1n) is 13.2. The molecule has 1 nitrogen and oxygen atoms in total. The fourth-order valence-electron chi connectivity index (χ4n) is 5.66. The van der Waals surface area contributed by atoms with Gasteiger partial charge >= 0.3 is 0 Å². The zero-order valence-corrected chi connectivity index (χ0v) is 20.3. The fraction of sp³-hybridized carbons (Fsp3) is 0.857. The number of hydrogen-bond donors (Lipinski definition) is 0. The number of rotatable bonds is 6. The van der Waals surface area contributed by atoms with Crippen molar-refractivity contribution in [3.63, 3.8) is 0 Å². The van der Waals surface area contributed by atoms with Crippen LogP contribution in [0.3, 0.4) is 0 Å². The molecule has 0 aliphatic heterocycles. The Hall–Kier alpha value is -0.560. The van der Waals surface area contributed by atoms with Gasteiger partial charge in [0.05, 0.1) is 12.2 Å². The lowest BCUT2D eigenvalue weighted by Gasteiger charge is -2.28. The SMILES string of the molecule is CC/C1=C(\C(C)OC(C)/C2=C(\CC)CCCCCCCC2)CCCCCCCC1. The van der Waals surface area contributed by atoms with Crippen molar-refractivity contribution < 1.29 is 4.74 Å². The molecule has 0 heterocycles. The van der Waals surface area contributed by atoms with Gasteiger partial charge in [0, 0.05) is 0 Å². The minimum absolute atomic E-state index is 0.278. The third-order valence-electron chi connectivity index (χ3n) is 7.50. The molecule has 0 radical (unpaired) electrons. The van der Waals surface area contributed by atoms with Gasteiger partial charge in [-0.05, 0) is 89.2 Å². The van der Waals surface area contributed by atoms with Crippen molar-refractivity contribution in [3.8, 4) is 0 Å². The van der Waals surface area contributed by atoms with E-state index in [4.69, 9.17) is 4.74 Å². The molecule has 0 saturated heterocycles. The number of allylic oxidation sites excluding steroid dienone is 2. The molecule has 2 atom stereocenters. The summed E-state index contributed by atoms with van der Waals surface area (Å²) in [5.74, 6) is 0. The predicted octanol–water partition coefficient (Wildman–Crippen LogP) is 9.46. The van der Waals surface area contributed by atoms with Crippen LogP contribution in [0.25, 0.3) is 0 Å². The molecule has 0 spiro atoms. The highest BCUT2D eigenvalue weighted by atomic mass is 16.5. The fourth-order valence-corrected chi connectivity index (χ4v) is 5.66. The molecule has 2 rings (SSSR count). The Morgan fingerprint density at radius 1 is 0.517 bits per heavy atom. The van der Waals surface area contributed by atoms with Gasteiger partial charge in [0.15, 0.2) is 0 Å². The largest absolute Gasteiger partial charge is 0.367 e. The Balaban J connectivity index is 2.14. The Morgan fingerprint density at radius 2 is 0.828 bits per heavy atom. The monoisotopic (exact) mass is 402 g/mol. The Kier molecular flexibility index (Phi) is 12.3. The molecule has 0 amide bonds. The molecular formula is C28H50O. The van der Waals surface area contributed by atoms with Crippen molar-refractivity contribution >= 4 is 0 Å². The second-order valence-electron chi connectivity index (χ2n) is 9.63. The van der Waals surface area contributed by atoms with Gasteiger partial charge in [-0.1, -0.05) is 76.4 Å². The summed E-state index contributed by atoms with van der Waals surface area (Å²) in [6, 6.07) is 0. The standard InChI is InChI=1S/C28H50O/c1-5-25-19-15-11-7-9-13-17-21-27(25)23(3)29-24(4)28-22-18-14-10-8-12-16-20-26(28)6-2/h23-24H,5-22H2,1-4H3/b27-25+,28-26+. The summed E-state index contributed by atoms with van der Waals surface area (Å²) in [5, 5.41) is 0. The van der Waals surface area contributed by atoms with Crippen LogP contribution in [0.1, 0.15) is 143 Å². The highest BCUT2D eigenvalue weighted by molar-refractivity contribution is 5.21. The zero-order chi connectivity index (χ0) is 20.9. The van der Waals surface area contributed by atoms with E-state index in [1.54, 1.807) is 22.3 Å². The van der Waals surface area contributed by atoms with Gasteiger partial charge in [-0.2, -0.15) is 0 Å². The van der Waals surface area contributed by atoms with E-state index in [0.29, 0.717) is 0 Å². The summed E-state index contributed by atoms with van der Waals surface area (Å²) in [5.41, 5.74) is 6.73. The molecule has 29 heavy (non-hydrogen) atoms.